The molecule has 118 valence electrons. The van der Waals surface area contributed by atoms with Gasteiger partial charge in [-0.2, -0.15) is 17.0 Å². The molecular weight excluding hydrogens is 318 g/mol. The molecule has 1 unspecified atom stereocenters. The van der Waals surface area contributed by atoms with Crippen LogP contribution in [-0.4, -0.2) is 53.9 Å². The number of halogens is 1. The first-order valence-electron chi connectivity index (χ1n) is 7.30. The van der Waals surface area contributed by atoms with Gasteiger partial charge in [0, 0.05) is 42.7 Å². The van der Waals surface area contributed by atoms with Gasteiger partial charge in [0.2, 0.25) is 5.91 Å². The zero-order chi connectivity index (χ0) is 15.9. The molecule has 6 heteroatoms. The van der Waals surface area contributed by atoms with Crippen LogP contribution in [0.1, 0.15) is 18.0 Å². The average molecular weight is 338 g/mol. The smallest absolute Gasteiger partial charge is 0.236 e. The van der Waals surface area contributed by atoms with Gasteiger partial charge in [-0.1, -0.05) is 23.7 Å². The average Bonchev–Trinajstić information content (AvgIpc) is 2.54. The summed E-state index contributed by atoms with van der Waals surface area (Å²) in [5, 5.41) is 9.35. The van der Waals surface area contributed by atoms with Gasteiger partial charge in [0.05, 0.1) is 19.0 Å². The summed E-state index contributed by atoms with van der Waals surface area (Å²) >= 11 is 7.87. The molecule has 0 aromatic heterocycles. The number of thioether (sulfide) groups is 1. The van der Waals surface area contributed by atoms with Crippen molar-refractivity contribution in [3.05, 3.63) is 34.9 Å². The van der Waals surface area contributed by atoms with Crippen molar-refractivity contribution in [1.82, 2.24) is 9.80 Å². The van der Waals surface area contributed by atoms with Crippen LogP contribution in [0.3, 0.4) is 0 Å². The Morgan fingerprint density at radius 3 is 2.91 bits per heavy atom. The number of hydrogen-bond donors (Lipinski definition) is 0. The largest absolute Gasteiger partial charge is 0.344 e. The van der Waals surface area contributed by atoms with E-state index in [0.29, 0.717) is 19.5 Å². The highest BCUT2D eigenvalue weighted by molar-refractivity contribution is 7.99. The van der Waals surface area contributed by atoms with Crippen LogP contribution in [0.5, 0.6) is 0 Å². The lowest BCUT2D eigenvalue weighted by molar-refractivity contribution is -0.131. The Morgan fingerprint density at radius 1 is 1.50 bits per heavy atom. The third kappa shape index (κ3) is 4.64. The molecule has 1 aliphatic heterocycles. The van der Waals surface area contributed by atoms with Crippen molar-refractivity contribution in [2.45, 2.75) is 12.5 Å². The van der Waals surface area contributed by atoms with Crippen molar-refractivity contribution >= 4 is 29.3 Å². The van der Waals surface area contributed by atoms with Crippen molar-refractivity contribution in [3.8, 4) is 6.07 Å². The zero-order valence-electron chi connectivity index (χ0n) is 12.7. The Kier molecular flexibility index (Phi) is 6.56. The third-order valence-electron chi connectivity index (χ3n) is 3.82. The molecule has 1 aromatic carbocycles. The first-order valence-corrected chi connectivity index (χ1v) is 8.83. The first-order chi connectivity index (χ1) is 10.6. The van der Waals surface area contributed by atoms with E-state index in [1.807, 2.05) is 36.0 Å². The van der Waals surface area contributed by atoms with Gasteiger partial charge in [0.25, 0.3) is 0 Å². The fourth-order valence-corrected chi connectivity index (χ4v) is 3.74. The Hall–Kier alpha value is -1.22. The van der Waals surface area contributed by atoms with E-state index in [9.17, 15) is 4.79 Å². The van der Waals surface area contributed by atoms with Gasteiger partial charge in [-0.15, -0.1) is 0 Å². The number of carbonyl (C=O) groups excluding carboxylic acids is 1. The topological polar surface area (TPSA) is 47.3 Å². The number of carbonyl (C=O) groups is 1. The van der Waals surface area contributed by atoms with Gasteiger partial charge in [0.15, 0.2) is 0 Å². The van der Waals surface area contributed by atoms with Crippen LogP contribution in [0.25, 0.3) is 0 Å². The van der Waals surface area contributed by atoms with E-state index in [-0.39, 0.29) is 11.9 Å². The molecule has 1 heterocycles. The van der Waals surface area contributed by atoms with E-state index in [1.165, 1.54) is 5.56 Å². The fourth-order valence-electron chi connectivity index (χ4n) is 2.46. The van der Waals surface area contributed by atoms with Gasteiger partial charge < -0.3 is 4.90 Å². The van der Waals surface area contributed by atoms with Crippen molar-refractivity contribution in [2.24, 2.45) is 0 Å². The van der Waals surface area contributed by atoms with E-state index >= 15 is 0 Å². The maximum absolute atomic E-state index is 12.3. The second-order valence-corrected chi connectivity index (χ2v) is 6.92. The molecule has 1 saturated heterocycles. The van der Waals surface area contributed by atoms with Gasteiger partial charge in [0.1, 0.15) is 0 Å². The summed E-state index contributed by atoms with van der Waals surface area (Å²) in [6.45, 7) is 1.79. The summed E-state index contributed by atoms with van der Waals surface area (Å²) in [5.41, 5.74) is 1.20. The van der Waals surface area contributed by atoms with Crippen LogP contribution >= 0.6 is 23.4 Å². The highest BCUT2D eigenvalue weighted by Crippen LogP contribution is 2.30. The SMILES string of the molecule is CN(CCC#N)C(=O)CN1CCSCC1c1ccc(Cl)cc1. The monoisotopic (exact) mass is 337 g/mol. The van der Waals surface area contributed by atoms with E-state index in [1.54, 1.807) is 11.9 Å². The summed E-state index contributed by atoms with van der Waals surface area (Å²) in [5.74, 6) is 2.09. The van der Waals surface area contributed by atoms with Crippen molar-refractivity contribution in [3.63, 3.8) is 0 Å². The quantitative estimate of drug-likeness (QED) is 0.829. The predicted molar refractivity (Wildman–Crippen MR) is 91.0 cm³/mol. The Bertz CT molecular complexity index is 543. The normalized spacial score (nSPS) is 18.7. The molecule has 0 spiro atoms. The Morgan fingerprint density at radius 2 is 2.23 bits per heavy atom. The number of benzene rings is 1. The molecule has 2 rings (SSSR count). The van der Waals surface area contributed by atoms with Crippen LogP contribution in [0.15, 0.2) is 24.3 Å². The van der Waals surface area contributed by atoms with Gasteiger partial charge >= 0.3 is 0 Å². The molecule has 0 radical (unpaired) electrons. The standard InChI is InChI=1S/C16H20ClN3OS/c1-19(8-2-7-18)16(21)11-20-9-10-22-12-15(20)13-3-5-14(17)6-4-13/h3-6,15H,2,8-12H2,1H3. The second-order valence-electron chi connectivity index (χ2n) is 5.34. The van der Waals surface area contributed by atoms with E-state index in [4.69, 9.17) is 16.9 Å². The first kappa shape index (κ1) is 17.1. The van der Waals surface area contributed by atoms with Crippen LogP contribution < -0.4 is 0 Å². The molecule has 1 amide bonds. The summed E-state index contributed by atoms with van der Waals surface area (Å²) in [7, 11) is 1.76. The number of nitrogens with zero attached hydrogens (tertiary/aromatic N) is 3. The summed E-state index contributed by atoms with van der Waals surface area (Å²) in [4.78, 5) is 16.2. The summed E-state index contributed by atoms with van der Waals surface area (Å²) in [6, 6.07) is 10.2. The van der Waals surface area contributed by atoms with Crippen LogP contribution in [0.2, 0.25) is 5.02 Å². The summed E-state index contributed by atoms with van der Waals surface area (Å²) in [6.07, 6.45) is 0.374. The highest BCUT2D eigenvalue weighted by Gasteiger charge is 2.26. The Labute approximate surface area is 141 Å². The van der Waals surface area contributed by atoms with E-state index < -0.39 is 0 Å². The van der Waals surface area contributed by atoms with E-state index in [2.05, 4.69) is 11.0 Å². The molecule has 1 atom stereocenters. The zero-order valence-corrected chi connectivity index (χ0v) is 14.2. The lowest BCUT2D eigenvalue weighted by atomic mass is 10.1. The molecule has 1 aliphatic rings. The minimum atomic E-state index is 0.0705. The number of rotatable bonds is 5. The number of amides is 1. The molecule has 0 bridgehead atoms. The van der Waals surface area contributed by atoms with Gasteiger partial charge in [-0.05, 0) is 17.7 Å². The molecule has 1 aromatic rings. The van der Waals surface area contributed by atoms with Crippen molar-refractivity contribution in [2.75, 3.05) is 38.2 Å². The number of nitriles is 1. The molecule has 22 heavy (non-hydrogen) atoms. The third-order valence-corrected chi connectivity index (χ3v) is 5.09. The summed E-state index contributed by atoms with van der Waals surface area (Å²) < 4.78 is 0. The van der Waals surface area contributed by atoms with E-state index in [0.717, 1.165) is 23.1 Å². The molecule has 4 nitrogen and oxygen atoms in total. The van der Waals surface area contributed by atoms with Crippen molar-refractivity contribution in [1.29, 1.82) is 5.26 Å². The lowest BCUT2D eigenvalue weighted by Crippen LogP contribution is -2.44. The molecule has 0 saturated carbocycles. The van der Waals surface area contributed by atoms with Gasteiger partial charge in [-0.3, -0.25) is 9.69 Å². The lowest BCUT2D eigenvalue weighted by Gasteiger charge is -2.36. The fraction of sp³-hybridized carbons (Fsp3) is 0.500. The Balaban J connectivity index is 2.02. The maximum atomic E-state index is 12.3. The maximum Gasteiger partial charge on any atom is 0.236 e. The molecule has 1 fully saturated rings. The number of hydrogen-bond acceptors (Lipinski definition) is 4. The predicted octanol–water partition coefficient (Wildman–Crippen LogP) is 2.80. The van der Waals surface area contributed by atoms with Gasteiger partial charge in [-0.25, -0.2) is 0 Å². The molecular formula is C16H20ClN3OS. The van der Waals surface area contributed by atoms with Crippen molar-refractivity contribution < 1.29 is 4.79 Å². The minimum absolute atomic E-state index is 0.0705. The molecule has 0 N–H and O–H groups in total. The van der Waals surface area contributed by atoms with Crippen LogP contribution in [-0.2, 0) is 4.79 Å². The number of likely N-dealkylation sites (N-methyl/N-ethyl adjacent to an activating group) is 1. The minimum Gasteiger partial charge on any atom is -0.344 e. The van der Waals surface area contributed by atoms with Crippen LogP contribution in [0, 0.1) is 11.3 Å². The molecule has 0 aliphatic carbocycles. The van der Waals surface area contributed by atoms with Crippen LogP contribution in [0.4, 0.5) is 0 Å². The second kappa shape index (κ2) is 8.42. The highest BCUT2D eigenvalue weighted by atomic mass is 35.5.